The molecule has 0 saturated carbocycles. The highest BCUT2D eigenvalue weighted by Gasteiger charge is 2.12. The molecule has 0 aliphatic carbocycles. The van der Waals surface area contributed by atoms with Crippen molar-refractivity contribution in [2.75, 3.05) is 6.61 Å². The molecule has 0 unspecified atom stereocenters. The van der Waals surface area contributed by atoms with Crippen LogP contribution in [0.25, 0.3) is 0 Å². The van der Waals surface area contributed by atoms with Gasteiger partial charge < -0.3 is 5.11 Å². The highest BCUT2D eigenvalue weighted by molar-refractivity contribution is 5.94. The van der Waals surface area contributed by atoms with Crippen LogP contribution in [0.3, 0.4) is 0 Å². The molecule has 0 fully saturated rings. The Labute approximate surface area is 85.6 Å². The van der Waals surface area contributed by atoms with Gasteiger partial charge in [-0.05, 0) is 6.92 Å². The van der Waals surface area contributed by atoms with Crippen molar-refractivity contribution in [3.8, 4) is 0 Å². The SMILES string of the molecule is Cc1c(C(=O)NOCC(=O)O)cnn1C. The molecule has 1 aromatic heterocycles. The number of aryl methyl sites for hydroxylation is 1. The van der Waals surface area contributed by atoms with E-state index in [-0.39, 0.29) is 0 Å². The van der Waals surface area contributed by atoms with Crippen molar-refractivity contribution in [1.82, 2.24) is 15.3 Å². The van der Waals surface area contributed by atoms with Crippen LogP contribution in [0, 0.1) is 6.92 Å². The lowest BCUT2D eigenvalue weighted by atomic mass is 10.2. The van der Waals surface area contributed by atoms with Gasteiger partial charge in [0.2, 0.25) is 0 Å². The summed E-state index contributed by atoms with van der Waals surface area (Å²) in [6.45, 7) is 1.14. The summed E-state index contributed by atoms with van der Waals surface area (Å²) in [5.74, 6) is -1.67. The average molecular weight is 213 g/mol. The Morgan fingerprint density at radius 1 is 1.67 bits per heavy atom. The van der Waals surface area contributed by atoms with E-state index in [0.717, 1.165) is 0 Å². The van der Waals surface area contributed by atoms with Gasteiger partial charge in [-0.2, -0.15) is 5.10 Å². The number of carbonyl (C=O) groups excluding carboxylic acids is 1. The lowest BCUT2D eigenvalue weighted by Gasteiger charge is -2.02. The summed E-state index contributed by atoms with van der Waals surface area (Å²) < 4.78 is 1.53. The first-order valence-corrected chi connectivity index (χ1v) is 4.15. The van der Waals surface area contributed by atoms with Gasteiger partial charge in [-0.1, -0.05) is 0 Å². The van der Waals surface area contributed by atoms with Crippen molar-refractivity contribution in [3.63, 3.8) is 0 Å². The number of carboxylic acids is 1. The van der Waals surface area contributed by atoms with Crippen LogP contribution in [0.1, 0.15) is 16.1 Å². The van der Waals surface area contributed by atoms with E-state index < -0.39 is 18.5 Å². The molecule has 1 amide bonds. The first-order chi connectivity index (χ1) is 7.02. The second-order valence-corrected chi connectivity index (χ2v) is 2.88. The minimum absolute atomic E-state index is 0.350. The molecule has 0 bridgehead atoms. The van der Waals surface area contributed by atoms with Crippen LogP contribution >= 0.6 is 0 Å². The summed E-state index contributed by atoms with van der Waals surface area (Å²) in [4.78, 5) is 25.9. The summed E-state index contributed by atoms with van der Waals surface area (Å²) in [5.41, 5.74) is 3.03. The van der Waals surface area contributed by atoms with Gasteiger partial charge in [0.05, 0.1) is 11.8 Å². The molecule has 1 rings (SSSR count). The number of amides is 1. The molecular weight excluding hydrogens is 202 g/mol. The monoisotopic (exact) mass is 213 g/mol. The average Bonchev–Trinajstić information content (AvgIpc) is 2.47. The normalized spacial score (nSPS) is 10.0. The molecule has 0 aromatic carbocycles. The molecule has 0 radical (unpaired) electrons. The maximum Gasteiger partial charge on any atom is 0.332 e. The van der Waals surface area contributed by atoms with Gasteiger partial charge in [0.25, 0.3) is 5.91 Å². The highest BCUT2D eigenvalue weighted by atomic mass is 16.7. The first-order valence-electron chi connectivity index (χ1n) is 4.15. The predicted molar refractivity (Wildman–Crippen MR) is 49.0 cm³/mol. The minimum Gasteiger partial charge on any atom is -0.479 e. The number of rotatable bonds is 4. The van der Waals surface area contributed by atoms with Gasteiger partial charge in [0.15, 0.2) is 6.61 Å². The Bertz CT molecular complexity index is 385. The molecule has 1 heterocycles. The number of nitrogens with zero attached hydrogens (tertiary/aromatic N) is 2. The van der Waals surface area contributed by atoms with Crippen LogP contribution in [-0.2, 0) is 16.7 Å². The molecule has 7 nitrogen and oxygen atoms in total. The van der Waals surface area contributed by atoms with Crippen LogP contribution in [0.4, 0.5) is 0 Å². The second kappa shape index (κ2) is 4.56. The van der Waals surface area contributed by atoms with Crippen LogP contribution < -0.4 is 5.48 Å². The van der Waals surface area contributed by atoms with E-state index in [1.807, 2.05) is 5.48 Å². The quantitative estimate of drug-likeness (QED) is 0.656. The highest BCUT2D eigenvalue weighted by Crippen LogP contribution is 2.04. The van der Waals surface area contributed by atoms with Crippen LogP contribution in [0.2, 0.25) is 0 Å². The number of hydrogen-bond acceptors (Lipinski definition) is 4. The predicted octanol–water partition coefficient (Wildman–Crippen LogP) is -0.525. The number of carboxylic acid groups (broad SMARTS) is 1. The van der Waals surface area contributed by atoms with E-state index in [1.54, 1.807) is 14.0 Å². The molecule has 1 aromatic rings. The molecular formula is C8H11N3O4. The number of hydroxylamine groups is 1. The summed E-state index contributed by atoms with van der Waals surface area (Å²) >= 11 is 0. The van der Waals surface area contributed by atoms with Crippen molar-refractivity contribution in [2.24, 2.45) is 7.05 Å². The van der Waals surface area contributed by atoms with Gasteiger partial charge in [-0.15, -0.1) is 0 Å². The number of aromatic nitrogens is 2. The first kappa shape index (κ1) is 11.2. The summed E-state index contributed by atoms with van der Waals surface area (Å²) in [6.07, 6.45) is 1.38. The maximum atomic E-state index is 11.4. The Morgan fingerprint density at radius 2 is 2.33 bits per heavy atom. The molecule has 0 aliphatic heterocycles. The van der Waals surface area contributed by atoms with Gasteiger partial charge in [-0.3, -0.25) is 14.3 Å². The Morgan fingerprint density at radius 3 is 2.80 bits per heavy atom. The van der Waals surface area contributed by atoms with E-state index >= 15 is 0 Å². The fourth-order valence-electron chi connectivity index (χ4n) is 0.940. The lowest BCUT2D eigenvalue weighted by molar-refractivity contribution is -0.144. The Hall–Kier alpha value is -1.89. The number of carbonyl (C=O) groups is 2. The zero-order chi connectivity index (χ0) is 11.4. The van der Waals surface area contributed by atoms with Crippen LogP contribution in [0.5, 0.6) is 0 Å². The lowest BCUT2D eigenvalue weighted by Crippen LogP contribution is -2.26. The Balaban J connectivity index is 2.54. The van der Waals surface area contributed by atoms with E-state index in [2.05, 4.69) is 9.94 Å². The van der Waals surface area contributed by atoms with Crippen LogP contribution in [0.15, 0.2) is 6.20 Å². The fraction of sp³-hybridized carbons (Fsp3) is 0.375. The van der Waals surface area contributed by atoms with Gasteiger partial charge in [-0.25, -0.2) is 10.3 Å². The molecule has 0 saturated heterocycles. The minimum atomic E-state index is -1.15. The van der Waals surface area contributed by atoms with Gasteiger partial charge in [0, 0.05) is 12.7 Å². The van der Waals surface area contributed by atoms with Crippen LogP contribution in [-0.4, -0.2) is 33.4 Å². The van der Waals surface area contributed by atoms with Crippen molar-refractivity contribution >= 4 is 11.9 Å². The smallest absolute Gasteiger partial charge is 0.332 e. The third kappa shape index (κ3) is 2.78. The zero-order valence-electron chi connectivity index (χ0n) is 8.35. The van der Waals surface area contributed by atoms with E-state index in [1.165, 1.54) is 10.9 Å². The molecule has 15 heavy (non-hydrogen) atoms. The molecule has 0 atom stereocenters. The van der Waals surface area contributed by atoms with Gasteiger partial charge in [0.1, 0.15) is 0 Å². The van der Waals surface area contributed by atoms with E-state index in [0.29, 0.717) is 11.3 Å². The zero-order valence-corrected chi connectivity index (χ0v) is 8.35. The van der Waals surface area contributed by atoms with E-state index in [4.69, 9.17) is 5.11 Å². The molecule has 82 valence electrons. The summed E-state index contributed by atoms with van der Waals surface area (Å²) in [6, 6.07) is 0. The summed E-state index contributed by atoms with van der Waals surface area (Å²) in [5, 5.41) is 12.1. The number of hydrogen-bond donors (Lipinski definition) is 2. The number of nitrogens with one attached hydrogen (secondary N) is 1. The number of aliphatic carboxylic acids is 1. The standard InChI is InChI=1S/C8H11N3O4/c1-5-6(3-9-11(5)2)8(14)10-15-4-7(12)13/h3H,4H2,1-2H3,(H,10,14)(H,12,13). The largest absolute Gasteiger partial charge is 0.479 e. The summed E-state index contributed by atoms with van der Waals surface area (Å²) in [7, 11) is 1.70. The third-order valence-electron chi connectivity index (χ3n) is 1.84. The fourth-order valence-corrected chi connectivity index (χ4v) is 0.940. The van der Waals surface area contributed by atoms with Crippen molar-refractivity contribution in [1.29, 1.82) is 0 Å². The van der Waals surface area contributed by atoms with Crippen molar-refractivity contribution < 1.29 is 19.5 Å². The van der Waals surface area contributed by atoms with Crippen molar-refractivity contribution in [3.05, 3.63) is 17.5 Å². The topological polar surface area (TPSA) is 93.4 Å². The maximum absolute atomic E-state index is 11.4. The van der Waals surface area contributed by atoms with Crippen molar-refractivity contribution in [2.45, 2.75) is 6.92 Å². The molecule has 0 aliphatic rings. The molecule has 7 heteroatoms. The second-order valence-electron chi connectivity index (χ2n) is 2.88. The Kier molecular flexibility index (Phi) is 3.40. The van der Waals surface area contributed by atoms with E-state index in [9.17, 15) is 9.59 Å². The third-order valence-corrected chi connectivity index (χ3v) is 1.84. The van der Waals surface area contributed by atoms with Gasteiger partial charge >= 0.3 is 5.97 Å². The molecule has 0 spiro atoms. The molecule has 2 N–H and O–H groups in total.